The number of benzene rings is 2. The number of sulfonamides is 1. The van der Waals surface area contributed by atoms with Crippen LogP contribution in [0.2, 0.25) is 0 Å². The second kappa shape index (κ2) is 9.47. The van der Waals surface area contributed by atoms with Gasteiger partial charge in [0.05, 0.1) is 17.1 Å². The summed E-state index contributed by atoms with van der Waals surface area (Å²) in [6.07, 6.45) is 0.710. The summed E-state index contributed by atoms with van der Waals surface area (Å²) in [6.45, 7) is 4.81. The number of hydrogen-bond donors (Lipinski definition) is 0. The Morgan fingerprint density at radius 3 is 2.34 bits per heavy atom. The molecule has 0 aromatic heterocycles. The van der Waals surface area contributed by atoms with Crippen molar-refractivity contribution in [2.75, 3.05) is 32.8 Å². The average molecular weight is 421 g/mol. The van der Waals surface area contributed by atoms with Gasteiger partial charge >= 0.3 is 5.97 Å². The third-order valence-electron chi connectivity index (χ3n) is 4.87. The molecule has 1 saturated heterocycles. The van der Waals surface area contributed by atoms with Crippen LogP contribution in [0.15, 0.2) is 53.4 Å². The molecular formula is C21H25FN2O4S. The van der Waals surface area contributed by atoms with Crippen LogP contribution in [0.4, 0.5) is 4.39 Å². The van der Waals surface area contributed by atoms with E-state index in [9.17, 15) is 17.6 Å². The summed E-state index contributed by atoms with van der Waals surface area (Å²) < 4.78 is 45.5. The fourth-order valence-corrected chi connectivity index (χ4v) is 4.79. The minimum atomic E-state index is -3.64. The number of carbonyl (C=O) groups excluding carboxylic acids is 1. The lowest BCUT2D eigenvalue weighted by molar-refractivity contribution is 0.0526. The molecule has 0 bridgehead atoms. The summed E-state index contributed by atoms with van der Waals surface area (Å²) in [5.41, 5.74) is 1.32. The van der Waals surface area contributed by atoms with Crippen molar-refractivity contribution in [2.45, 2.75) is 24.8 Å². The molecule has 0 N–H and O–H groups in total. The lowest BCUT2D eigenvalue weighted by Crippen LogP contribution is -2.35. The van der Waals surface area contributed by atoms with Crippen molar-refractivity contribution in [2.24, 2.45) is 0 Å². The van der Waals surface area contributed by atoms with Crippen molar-refractivity contribution in [1.29, 1.82) is 0 Å². The van der Waals surface area contributed by atoms with Crippen molar-refractivity contribution in [3.8, 4) is 0 Å². The van der Waals surface area contributed by atoms with Gasteiger partial charge in [-0.15, -0.1) is 0 Å². The van der Waals surface area contributed by atoms with E-state index in [1.54, 1.807) is 19.1 Å². The van der Waals surface area contributed by atoms with Gasteiger partial charge in [-0.25, -0.2) is 17.6 Å². The van der Waals surface area contributed by atoms with Crippen LogP contribution in [-0.2, 0) is 21.3 Å². The smallest absolute Gasteiger partial charge is 0.338 e. The molecule has 0 amide bonds. The Balaban J connectivity index is 1.65. The zero-order valence-electron chi connectivity index (χ0n) is 16.4. The van der Waals surface area contributed by atoms with Crippen LogP contribution in [0, 0.1) is 5.82 Å². The number of esters is 1. The highest BCUT2D eigenvalue weighted by Crippen LogP contribution is 2.19. The van der Waals surface area contributed by atoms with Gasteiger partial charge in [0, 0.05) is 26.2 Å². The predicted octanol–water partition coefficient (Wildman–Crippen LogP) is 2.90. The molecule has 8 heteroatoms. The lowest BCUT2D eigenvalue weighted by Gasteiger charge is -2.22. The van der Waals surface area contributed by atoms with Gasteiger partial charge in [0.1, 0.15) is 5.82 Å². The molecule has 1 heterocycles. The molecule has 0 unspecified atom stereocenters. The van der Waals surface area contributed by atoms with Gasteiger partial charge < -0.3 is 4.74 Å². The van der Waals surface area contributed by atoms with Gasteiger partial charge in [-0.3, -0.25) is 4.90 Å². The van der Waals surface area contributed by atoms with Crippen LogP contribution < -0.4 is 0 Å². The van der Waals surface area contributed by atoms with Gasteiger partial charge in [-0.1, -0.05) is 12.1 Å². The Morgan fingerprint density at radius 1 is 1.00 bits per heavy atom. The first kappa shape index (κ1) is 21.4. The second-order valence-electron chi connectivity index (χ2n) is 6.91. The highest BCUT2D eigenvalue weighted by atomic mass is 32.2. The van der Waals surface area contributed by atoms with E-state index >= 15 is 0 Å². The molecule has 1 fully saturated rings. The van der Waals surface area contributed by atoms with Crippen LogP contribution in [-0.4, -0.2) is 56.4 Å². The van der Waals surface area contributed by atoms with Crippen LogP contribution in [0.25, 0.3) is 0 Å². The summed E-state index contributed by atoms with van der Waals surface area (Å²) in [4.78, 5) is 14.1. The quantitative estimate of drug-likeness (QED) is 0.673. The topological polar surface area (TPSA) is 66.9 Å². The van der Waals surface area contributed by atoms with Crippen molar-refractivity contribution in [3.05, 3.63) is 65.5 Å². The number of halogens is 1. The standard InChI is InChI=1S/C21H25FN2O4S/c1-2-28-21(25)18-6-10-20(11-7-18)29(26,27)24-13-3-12-23(14-15-24)16-17-4-8-19(22)9-5-17/h4-11H,2-3,12-16H2,1H3. The van der Waals surface area contributed by atoms with E-state index in [1.807, 2.05) is 0 Å². The highest BCUT2D eigenvalue weighted by Gasteiger charge is 2.27. The summed E-state index contributed by atoms with van der Waals surface area (Å²) in [5.74, 6) is -0.737. The summed E-state index contributed by atoms with van der Waals surface area (Å²) >= 11 is 0. The molecule has 2 aromatic rings. The monoisotopic (exact) mass is 420 g/mol. The van der Waals surface area contributed by atoms with Crippen LogP contribution in [0.5, 0.6) is 0 Å². The van der Waals surface area contributed by atoms with E-state index in [-0.39, 0.29) is 17.3 Å². The van der Waals surface area contributed by atoms with E-state index in [2.05, 4.69) is 4.90 Å². The fourth-order valence-electron chi connectivity index (χ4n) is 3.32. The number of rotatable bonds is 6. The lowest BCUT2D eigenvalue weighted by atomic mass is 10.2. The number of carbonyl (C=O) groups is 1. The zero-order valence-corrected chi connectivity index (χ0v) is 17.2. The molecule has 0 spiro atoms. The summed E-state index contributed by atoms with van der Waals surface area (Å²) in [6, 6.07) is 12.2. The van der Waals surface area contributed by atoms with Crippen molar-refractivity contribution < 1.29 is 22.3 Å². The van der Waals surface area contributed by atoms with Crippen LogP contribution in [0.3, 0.4) is 0 Å². The molecule has 0 radical (unpaired) electrons. The maximum atomic E-state index is 13.1. The van der Waals surface area contributed by atoms with E-state index in [0.29, 0.717) is 38.2 Å². The van der Waals surface area contributed by atoms with Crippen LogP contribution >= 0.6 is 0 Å². The first-order chi connectivity index (χ1) is 13.9. The number of hydrogen-bond acceptors (Lipinski definition) is 5. The Bertz CT molecular complexity index is 930. The molecule has 1 aliphatic heterocycles. The van der Waals surface area contributed by atoms with Crippen molar-refractivity contribution in [3.63, 3.8) is 0 Å². The van der Waals surface area contributed by atoms with Gasteiger partial charge in [-0.2, -0.15) is 4.31 Å². The van der Waals surface area contributed by atoms with Gasteiger partial charge in [0.25, 0.3) is 0 Å². The van der Waals surface area contributed by atoms with Gasteiger partial charge in [0.15, 0.2) is 0 Å². The molecule has 3 rings (SSSR count). The molecular weight excluding hydrogens is 395 g/mol. The molecule has 2 aromatic carbocycles. The Labute approximate surface area is 170 Å². The maximum absolute atomic E-state index is 13.1. The van der Waals surface area contributed by atoms with E-state index < -0.39 is 16.0 Å². The molecule has 0 saturated carbocycles. The van der Waals surface area contributed by atoms with Crippen LogP contribution in [0.1, 0.15) is 29.3 Å². The largest absolute Gasteiger partial charge is 0.462 e. The molecule has 29 heavy (non-hydrogen) atoms. The molecule has 6 nitrogen and oxygen atoms in total. The molecule has 1 aliphatic rings. The second-order valence-corrected chi connectivity index (χ2v) is 8.84. The van der Waals surface area contributed by atoms with Gasteiger partial charge in [-0.05, 0) is 61.9 Å². The number of ether oxygens (including phenoxy) is 1. The molecule has 156 valence electrons. The molecule has 0 aliphatic carbocycles. The first-order valence-electron chi connectivity index (χ1n) is 9.64. The minimum absolute atomic E-state index is 0.164. The highest BCUT2D eigenvalue weighted by molar-refractivity contribution is 7.89. The van der Waals surface area contributed by atoms with Crippen molar-refractivity contribution >= 4 is 16.0 Å². The fraction of sp³-hybridized carbons (Fsp3) is 0.381. The van der Waals surface area contributed by atoms with E-state index in [0.717, 1.165) is 12.1 Å². The number of nitrogens with zero attached hydrogens (tertiary/aromatic N) is 2. The molecule has 0 atom stereocenters. The average Bonchev–Trinajstić information content (AvgIpc) is 2.96. The van der Waals surface area contributed by atoms with E-state index in [1.165, 1.54) is 40.7 Å². The maximum Gasteiger partial charge on any atom is 0.338 e. The van der Waals surface area contributed by atoms with Gasteiger partial charge in [0.2, 0.25) is 10.0 Å². The normalized spacial score (nSPS) is 16.3. The summed E-state index contributed by atoms with van der Waals surface area (Å²) in [5, 5.41) is 0. The van der Waals surface area contributed by atoms with Crippen molar-refractivity contribution in [1.82, 2.24) is 9.21 Å². The first-order valence-corrected chi connectivity index (χ1v) is 11.1. The summed E-state index contributed by atoms with van der Waals surface area (Å²) in [7, 11) is -3.64. The Morgan fingerprint density at radius 2 is 1.69 bits per heavy atom. The SMILES string of the molecule is CCOC(=O)c1ccc(S(=O)(=O)N2CCCN(Cc3ccc(F)cc3)CC2)cc1. The Kier molecular flexibility index (Phi) is 7.00. The minimum Gasteiger partial charge on any atom is -0.462 e. The third-order valence-corrected chi connectivity index (χ3v) is 6.78. The predicted molar refractivity (Wildman–Crippen MR) is 107 cm³/mol. The third kappa shape index (κ3) is 5.41. The van der Waals surface area contributed by atoms with E-state index in [4.69, 9.17) is 4.74 Å². The Hall–Kier alpha value is -2.29. The zero-order chi connectivity index (χ0) is 20.9.